The third-order valence-electron chi connectivity index (χ3n) is 3.40. The predicted octanol–water partition coefficient (Wildman–Crippen LogP) is 1.62. The van der Waals surface area contributed by atoms with Gasteiger partial charge in [0.25, 0.3) is 5.91 Å². The van der Waals surface area contributed by atoms with Crippen molar-refractivity contribution in [2.45, 2.75) is 13.0 Å². The second kappa shape index (κ2) is 4.76. The molecule has 0 spiro atoms. The Bertz CT molecular complexity index is 606. The van der Waals surface area contributed by atoms with Crippen LogP contribution in [0.15, 0.2) is 30.6 Å². The van der Waals surface area contributed by atoms with Gasteiger partial charge in [0.1, 0.15) is 5.75 Å². The summed E-state index contributed by atoms with van der Waals surface area (Å²) in [6, 6.07) is 7.31. The number of methoxy groups -OCH3 is 1. The van der Waals surface area contributed by atoms with Crippen LogP contribution in [-0.2, 0) is 13.0 Å². The van der Waals surface area contributed by atoms with Gasteiger partial charge in [-0.15, -0.1) is 0 Å². The number of hydrogen-bond donors (Lipinski definition) is 1. The van der Waals surface area contributed by atoms with Crippen molar-refractivity contribution in [1.29, 1.82) is 0 Å². The second-order valence-corrected chi connectivity index (χ2v) is 4.50. The standard InChI is InChI=1S/C14H15N3O2/c1-19-13-5-3-2-4-10(13)14(18)17-7-6-11-12(8-17)16-9-15-11/h2-5,9H,6-8H2,1H3,(H,15,16). The van der Waals surface area contributed by atoms with E-state index in [0.29, 0.717) is 24.4 Å². The molecule has 3 rings (SSSR count). The van der Waals surface area contributed by atoms with Gasteiger partial charge in [-0.05, 0) is 12.1 Å². The summed E-state index contributed by atoms with van der Waals surface area (Å²) in [5.41, 5.74) is 2.69. The lowest BCUT2D eigenvalue weighted by atomic mass is 10.1. The first-order valence-electron chi connectivity index (χ1n) is 6.23. The van der Waals surface area contributed by atoms with Crippen molar-refractivity contribution in [2.24, 2.45) is 0 Å². The summed E-state index contributed by atoms with van der Waals surface area (Å²) in [6.07, 6.45) is 2.47. The van der Waals surface area contributed by atoms with E-state index in [2.05, 4.69) is 9.97 Å². The van der Waals surface area contributed by atoms with Gasteiger partial charge in [-0.3, -0.25) is 4.79 Å². The number of rotatable bonds is 2. The average molecular weight is 257 g/mol. The SMILES string of the molecule is COc1ccccc1C(=O)N1CCc2nc[nH]c2C1. The maximum Gasteiger partial charge on any atom is 0.257 e. The van der Waals surface area contributed by atoms with Crippen molar-refractivity contribution in [3.05, 3.63) is 47.5 Å². The Morgan fingerprint density at radius 1 is 1.42 bits per heavy atom. The lowest BCUT2D eigenvalue weighted by molar-refractivity contribution is 0.0728. The molecule has 2 aromatic rings. The summed E-state index contributed by atoms with van der Waals surface area (Å²) in [5, 5.41) is 0. The average Bonchev–Trinajstić information content (AvgIpc) is 2.93. The minimum atomic E-state index is -0.00213. The highest BCUT2D eigenvalue weighted by Crippen LogP contribution is 2.22. The van der Waals surface area contributed by atoms with Crippen LogP contribution in [-0.4, -0.2) is 34.4 Å². The summed E-state index contributed by atoms with van der Waals surface area (Å²) in [4.78, 5) is 21.7. The lowest BCUT2D eigenvalue weighted by Crippen LogP contribution is -2.36. The Morgan fingerprint density at radius 3 is 3.11 bits per heavy atom. The van der Waals surface area contributed by atoms with Crippen molar-refractivity contribution in [1.82, 2.24) is 14.9 Å². The number of ether oxygens (including phenoxy) is 1. The van der Waals surface area contributed by atoms with Crippen LogP contribution in [0.3, 0.4) is 0 Å². The van der Waals surface area contributed by atoms with E-state index in [4.69, 9.17) is 4.74 Å². The second-order valence-electron chi connectivity index (χ2n) is 4.50. The Morgan fingerprint density at radius 2 is 2.26 bits per heavy atom. The van der Waals surface area contributed by atoms with Gasteiger partial charge in [-0.2, -0.15) is 0 Å². The normalized spacial score (nSPS) is 14.1. The zero-order valence-corrected chi connectivity index (χ0v) is 10.7. The number of aromatic amines is 1. The van der Waals surface area contributed by atoms with Gasteiger partial charge in [0.15, 0.2) is 0 Å². The largest absolute Gasteiger partial charge is 0.496 e. The van der Waals surface area contributed by atoms with Crippen LogP contribution >= 0.6 is 0 Å². The van der Waals surface area contributed by atoms with Crippen molar-refractivity contribution >= 4 is 5.91 Å². The third-order valence-corrected chi connectivity index (χ3v) is 3.40. The van der Waals surface area contributed by atoms with Gasteiger partial charge in [0, 0.05) is 13.0 Å². The summed E-state index contributed by atoms with van der Waals surface area (Å²) >= 11 is 0. The van der Waals surface area contributed by atoms with Crippen LogP contribution in [0.5, 0.6) is 5.75 Å². The van der Waals surface area contributed by atoms with Crippen molar-refractivity contribution in [3.63, 3.8) is 0 Å². The first-order valence-corrected chi connectivity index (χ1v) is 6.23. The number of benzene rings is 1. The lowest BCUT2D eigenvalue weighted by Gasteiger charge is -2.26. The van der Waals surface area contributed by atoms with Gasteiger partial charge in [0.05, 0.1) is 36.9 Å². The fraction of sp³-hybridized carbons (Fsp3) is 0.286. The van der Waals surface area contributed by atoms with Gasteiger partial charge in [-0.1, -0.05) is 12.1 Å². The minimum absolute atomic E-state index is 0.00213. The van der Waals surface area contributed by atoms with Crippen LogP contribution in [0.25, 0.3) is 0 Å². The maximum absolute atomic E-state index is 12.5. The predicted molar refractivity (Wildman–Crippen MR) is 70.0 cm³/mol. The van der Waals surface area contributed by atoms with E-state index in [0.717, 1.165) is 17.8 Å². The van der Waals surface area contributed by atoms with Crippen LogP contribution in [0.2, 0.25) is 0 Å². The number of nitrogens with one attached hydrogen (secondary N) is 1. The van der Waals surface area contributed by atoms with Gasteiger partial charge >= 0.3 is 0 Å². The topological polar surface area (TPSA) is 58.2 Å². The van der Waals surface area contributed by atoms with Crippen molar-refractivity contribution in [2.75, 3.05) is 13.7 Å². The zero-order valence-electron chi connectivity index (χ0n) is 10.7. The highest BCUT2D eigenvalue weighted by atomic mass is 16.5. The van der Waals surface area contributed by atoms with Crippen LogP contribution < -0.4 is 4.74 Å². The molecule has 2 heterocycles. The molecule has 5 heteroatoms. The fourth-order valence-corrected chi connectivity index (χ4v) is 2.38. The van der Waals surface area contributed by atoms with Crippen molar-refractivity contribution < 1.29 is 9.53 Å². The molecule has 0 fully saturated rings. The molecule has 1 aliphatic heterocycles. The molecule has 0 saturated heterocycles. The number of amides is 1. The Balaban J connectivity index is 1.85. The molecule has 0 bridgehead atoms. The zero-order chi connectivity index (χ0) is 13.2. The first-order chi connectivity index (χ1) is 9.29. The first kappa shape index (κ1) is 11.8. The molecule has 1 aromatic heterocycles. The third kappa shape index (κ3) is 2.07. The smallest absolute Gasteiger partial charge is 0.257 e. The fourth-order valence-electron chi connectivity index (χ4n) is 2.38. The molecule has 1 aromatic carbocycles. The molecule has 0 radical (unpaired) electrons. The van der Waals surface area contributed by atoms with E-state index in [-0.39, 0.29) is 5.91 Å². The van der Waals surface area contributed by atoms with Gasteiger partial charge in [-0.25, -0.2) is 4.98 Å². The highest BCUT2D eigenvalue weighted by molar-refractivity contribution is 5.97. The molecule has 0 aliphatic carbocycles. The van der Waals surface area contributed by atoms with E-state index in [9.17, 15) is 4.79 Å². The van der Waals surface area contributed by atoms with Crippen molar-refractivity contribution in [3.8, 4) is 5.75 Å². The molecule has 0 atom stereocenters. The molecular weight excluding hydrogens is 242 g/mol. The number of nitrogens with zero attached hydrogens (tertiary/aromatic N) is 2. The number of imidazole rings is 1. The van der Waals surface area contributed by atoms with E-state index in [1.807, 2.05) is 17.0 Å². The number of carbonyl (C=O) groups excluding carboxylic acids is 1. The quantitative estimate of drug-likeness (QED) is 0.889. The number of hydrogen-bond acceptors (Lipinski definition) is 3. The number of fused-ring (bicyclic) bond motifs is 1. The summed E-state index contributed by atoms with van der Waals surface area (Å²) in [6.45, 7) is 1.26. The van der Waals surface area contributed by atoms with E-state index >= 15 is 0 Å². The number of para-hydroxylation sites is 1. The van der Waals surface area contributed by atoms with Gasteiger partial charge < -0.3 is 14.6 Å². The monoisotopic (exact) mass is 257 g/mol. The molecule has 0 unspecified atom stereocenters. The molecular formula is C14H15N3O2. The van der Waals surface area contributed by atoms with Crippen LogP contribution in [0.1, 0.15) is 21.7 Å². The van der Waals surface area contributed by atoms with Crippen LogP contribution in [0, 0.1) is 0 Å². The molecule has 98 valence electrons. The molecule has 1 N–H and O–H groups in total. The van der Waals surface area contributed by atoms with Gasteiger partial charge in [0.2, 0.25) is 0 Å². The number of H-pyrrole nitrogens is 1. The summed E-state index contributed by atoms with van der Waals surface area (Å²) in [5.74, 6) is 0.612. The Labute approximate surface area is 111 Å². The summed E-state index contributed by atoms with van der Waals surface area (Å²) < 4.78 is 5.24. The minimum Gasteiger partial charge on any atom is -0.496 e. The number of carbonyl (C=O) groups is 1. The number of aromatic nitrogens is 2. The van der Waals surface area contributed by atoms with E-state index in [1.54, 1.807) is 25.6 Å². The Hall–Kier alpha value is -2.30. The molecule has 0 saturated carbocycles. The molecule has 5 nitrogen and oxygen atoms in total. The summed E-state index contributed by atoms with van der Waals surface area (Å²) in [7, 11) is 1.58. The van der Waals surface area contributed by atoms with E-state index < -0.39 is 0 Å². The highest BCUT2D eigenvalue weighted by Gasteiger charge is 2.24. The Kier molecular flexibility index (Phi) is 2.95. The molecule has 1 aliphatic rings. The maximum atomic E-state index is 12.5. The van der Waals surface area contributed by atoms with E-state index in [1.165, 1.54) is 0 Å². The van der Waals surface area contributed by atoms with Crippen LogP contribution in [0.4, 0.5) is 0 Å². The molecule has 1 amide bonds. The molecule has 19 heavy (non-hydrogen) atoms.